The summed E-state index contributed by atoms with van der Waals surface area (Å²) in [6, 6.07) is 16.6. The predicted molar refractivity (Wildman–Crippen MR) is 97.7 cm³/mol. The summed E-state index contributed by atoms with van der Waals surface area (Å²) in [5, 5.41) is 10.1. The number of rotatable bonds is 4. The number of aliphatic hydroxyl groups is 1. The molecule has 3 aromatic rings. The second-order valence-corrected chi connectivity index (χ2v) is 6.63. The van der Waals surface area contributed by atoms with Crippen LogP contribution in [-0.4, -0.2) is 10.1 Å². The molecule has 1 heterocycles. The molecule has 3 heteroatoms. The van der Waals surface area contributed by atoms with Gasteiger partial charge in [-0.05, 0) is 48.6 Å². The summed E-state index contributed by atoms with van der Waals surface area (Å²) in [5.41, 5.74) is 6.81. The zero-order valence-electron chi connectivity index (χ0n) is 14.2. The Morgan fingerprint density at radius 2 is 1.68 bits per heavy atom. The van der Waals surface area contributed by atoms with Crippen LogP contribution in [0.15, 0.2) is 54.6 Å². The van der Waals surface area contributed by atoms with Crippen molar-refractivity contribution in [1.29, 1.82) is 0 Å². The molecule has 4 rings (SSSR count). The largest absolute Gasteiger partial charge is 0.392 e. The predicted octanol–water partition coefficient (Wildman–Crippen LogP) is 5.23. The molecule has 1 fully saturated rings. The molecule has 1 aromatic heterocycles. The van der Waals surface area contributed by atoms with Gasteiger partial charge in [-0.3, -0.25) is 4.98 Å². The number of aliphatic hydroxyl groups excluding tert-OH is 1. The Morgan fingerprint density at radius 1 is 1.00 bits per heavy atom. The third kappa shape index (κ3) is 2.96. The molecule has 1 aliphatic rings. The van der Waals surface area contributed by atoms with Gasteiger partial charge in [-0.1, -0.05) is 42.5 Å². The molecule has 0 atom stereocenters. The molecule has 0 saturated heterocycles. The smallest absolute Gasteiger partial charge is 0.123 e. The zero-order chi connectivity index (χ0) is 17.4. The molecule has 1 aliphatic carbocycles. The molecule has 1 saturated carbocycles. The van der Waals surface area contributed by atoms with Crippen LogP contribution < -0.4 is 0 Å². The minimum Gasteiger partial charge on any atom is -0.392 e. The highest BCUT2D eigenvalue weighted by atomic mass is 19.1. The third-order valence-electron chi connectivity index (χ3n) is 4.88. The first-order valence-corrected chi connectivity index (χ1v) is 8.64. The minimum atomic E-state index is -0.258. The average molecular weight is 333 g/mol. The van der Waals surface area contributed by atoms with E-state index in [1.165, 1.54) is 12.1 Å². The summed E-state index contributed by atoms with van der Waals surface area (Å²) in [6.45, 7) is 1.98. The minimum absolute atomic E-state index is 0.0541. The van der Waals surface area contributed by atoms with Gasteiger partial charge < -0.3 is 5.11 Å². The highest BCUT2D eigenvalue weighted by Gasteiger charge is 2.30. The normalized spacial score (nSPS) is 13.9. The lowest BCUT2D eigenvalue weighted by Gasteiger charge is -2.19. The first-order valence-electron chi connectivity index (χ1n) is 8.64. The van der Waals surface area contributed by atoms with Crippen LogP contribution in [-0.2, 0) is 6.61 Å². The summed E-state index contributed by atoms with van der Waals surface area (Å²) < 4.78 is 13.4. The van der Waals surface area contributed by atoms with E-state index in [2.05, 4.69) is 12.1 Å². The standard InChI is InChI=1S/C22H20FNO/c1-14-20(15-9-11-18(23)12-10-15)19(13-25)22(17-7-8-17)24-21(14)16-5-3-2-4-6-16/h2-6,9-12,17,25H,7-8,13H2,1H3. The van der Waals surface area contributed by atoms with Crippen LogP contribution in [0.2, 0.25) is 0 Å². The molecular weight excluding hydrogens is 313 g/mol. The SMILES string of the molecule is Cc1c(-c2ccccc2)nc(C2CC2)c(CO)c1-c1ccc(F)cc1. The molecular formula is C22H20FNO. The summed E-state index contributed by atoms with van der Waals surface area (Å²) in [7, 11) is 0. The van der Waals surface area contributed by atoms with E-state index in [1.807, 2.05) is 25.1 Å². The summed E-state index contributed by atoms with van der Waals surface area (Å²) in [5.74, 6) is 0.163. The zero-order valence-corrected chi connectivity index (χ0v) is 14.2. The van der Waals surface area contributed by atoms with Crippen molar-refractivity contribution < 1.29 is 9.50 Å². The first-order chi connectivity index (χ1) is 12.2. The maximum absolute atomic E-state index is 13.4. The number of benzene rings is 2. The van der Waals surface area contributed by atoms with Gasteiger partial charge in [-0.15, -0.1) is 0 Å². The Labute approximate surface area is 147 Å². The molecule has 25 heavy (non-hydrogen) atoms. The van der Waals surface area contributed by atoms with E-state index in [4.69, 9.17) is 4.98 Å². The molecule has 0 amide bonds. The Balaban J connectivity index is 2.00. The van der Waals surface area contributed by atoms with Gasteiger partial charge >= 0.3 is 0 Å². The second kappa shape index (κ2) is 6.41. The third-order valence-corrected chi connectivity index (χ3v) is 4.88. The van der Waals surface area contributed by atoms with Crippen molar-refractivity contribution in [1.82, 2.24) is 4.98 Å². The molecule has 1 N–H and O–H groups in total. The number of pyridine rings is 1. The van der Waals surface area contributed by atoms with Crippen molar-refractivity contribution in [2.24, 2.45) is 0 Å². The van der Waals surface area contributed by atoms with E-state index < -0.39 is 0 Å². The molecule has 2 aromatic carbocycles. The van der Waals surface area contributed by atoms with Gasteiger partial charge in [0.15, 0.2) is 0 Å². The highest BCUT2D eigenvalue weighted by molar-refractivity contribution is 5.79. The monoisotopic (exact) mass is 333 g/mol. The Morgan fingerprint density at radius 3 is 2.28 bits per heavy atom. The fourth-order valence-electron chi connectivity index (χ4n) is 3.48. The van der Waals surface area contributed by atoms with E-state index in [-0.39, 0.29) is 12.4 Å². The topological polar surface area (TPSA) is 33.1 Å². The number of nitrogens with zero attached hydrogens (tertiary/aromatic N) is 1. The van der Waals surface area contributed by atoms with Crippen LogP contribution in [0.25, 0.3) is 22.4 Å². The van der Waals surface area contributed by atoms with Crippen LogP contribution in [0.1, 0.15) is 35.6 Å². The molecule has 126 valence electrons. The summed E-state index contributed by atoms with van der Waals surface area (Å²) in [6.07, 6.45) is 2.22. The fraction of sp³-hybridized carbons (Fsp3) is 0.227. The molecule has 2 nitrogen and oxygen atoms in total. The number of aromatic nitrogens is 1. The Kier molecular flexibility index (Phi) is 4.10. The van der Waals surface area contributed by atoms with Crippen molar-refractivity contribution in [3.8, 4) is 22.4 Å². The first kappa shape index (κ1) is 16.0. The van der Waals surface area contributed by atoms with Gasteiger partial charge in [0.2, 0.25) is 0 Å². The van der Waals surface area contributed by atoms with Crippen LogP contribution in [0, 0.1) is 12.7 Å². The quantitative estimate of drug-likeness (QED) is 0.709. The van der Waals surface area contributed by atoms with Gasteiger partial charge in [0.05, 0.1) is 18.0 Å². The van der Waals surface area contributed by atoms with Gasteiger partial charge in [-0.25, -0.2) is 4.39 Å². The van der Waals surface area contributed by atoms with E-state index in [0.29, 0.717) is 5.92 Å². The van der Waals surface area contributed by atoms with Crippen molar-refractivity contribution in [2.75, 3.05) is 0 Å². The van der Waals surface area contributed by atoms with Gasteiger partial charge in [-0.2, -0.15) is 0 Å². The van der Waals surface area contributed by atoms with Gasteiger partial charge in [0.1, 0.15) is 5.82 Å². The van der Waals surface area contributed by atoms with E-state index in [9.17, 15) is 9.50 Å². The molecule has 0 spiro atoms. The highest BCUT2D eigenvalue weighted by Crippen LogP contribution is 2.45. The lowest BCUT2D eigenvalue weighted by molar-refractivity contribution is 0.280. The fourth-order valence-corrected chi connectivity index (χ4v) is 3.48. The van der Waals surface area contributed by atoms with Crippen molar-refractivity contribution in [3.05, 3.63) is 77.2 Å². The van der Waals surface area contributed by atoms with Crippen LogP contribution >= 0.6 is 0 Å². The van der Waals surface area contributed by atoms with Crippen molar-refractivity contribution in [2.45, 2.75) is 32.3 Å². The van der Waals surface area contributed by atoms with Gasteiger partial charge in [0, 0.05) is 17.0 Å². The van der Waals surface area contributed by atoms with Crippen molar-refractivity contribution in [3.63, 3.8) is 0 Å². The molecule has 0 unspecified atom stereocenters. The average Bonchev–Trinajstić information content (AvgIpc) is 3.48. The van der Waals surface area contributed by atoms with Crippen LogP contribution in [0.3, 0.4) is 0 Å². The molecule has 0 radical (unpaired) electrons. The summed E-state index contributed by atoms with van der Waals surface area (Å²) >= 11 is 0. The molecule has 0 bridgehead atoms. The maximum Gasteiger partial charge on any atom is 0.123 e. The Bertz CT molecular complexity index is 900. The maximum atomic E-state index is 13.4. The van der Waals surface area contributed by atoms with Crippen LogP contribution in [0.5, 0.6) is 0 Å². The van der Waals surface area contributed by atoms with E-state index in [0.717, 1.165) is 52.0 Å². The lowest BCUT2D eigenvalue weighted by Crippen LogP contribution is -2.05. The number of halogens is 1. The molecule has 0 aliphatic heterocycles. The second-order valence-electron chi connectivity index (χ2n) is 6.63. The van der Waals surface area contributed by atoms with E-state index in [1.54, 1.807) is 12.1 Å². The van der Waals surface area contributed by atoms with E-state index >= 15 is 0 Å². The van der Waals surface area contributed by atoms with Gasteiger partial charge in [0.25, 0.3) is 0 Å². The van der Waals surface area contributed by atoms with Crippen molar-refractivity contribution >= 4 is 0 Å². The number of hydrogen-bond acceptors (Lipinski definition) is 2. The Hall–Kier alpha value is -2.52. The summed E-state index contributed by atoms with van der Waals surface area (Å²) in [4.78, 5) is 4.94. The van der Waals surface area contributed by atoms with Crippen LogP contribution in [0.4, 0.5) is 4.39 Å². The lowest BCUT2D eigenvalue weighted by atomic mass is 9.90. The number of hydrogen-bond donors (Lipinski definition) is 1.